The first-order valence-corrected chi connectivity index (χ1v) is 8.03. The van der Waals surface area contributed by atoms with E-state index in [1.807, 2.05) is 6.92 Å². The van der Waals surface area contributed by atoms with Crippen molar-refractivity contribution in [1.82, 2.24) is 0 Å². The van der Waals surface area contributed by atoms with Gasteiger partial charge < -0.3 is 9.84 Å². The van der Waals surface area contributed by atoms with Gasteiger partial charge >= 0.3 is 0 Å². The van der Waals surface area contributed by atoms with Gasteiger partial charge in [-0.1, -0.05) is 38.1 Å². The summed E-state index contributed by atoms with van der Waals surface area (Å²) in [6.45, 7) is 7.30. The number of aliphatic hydroxyl groups excluding tert-OH is 1. The van der Waals surface area contributed by atoms with E-state index in [0.717, 1.165) is 37.9 Å². The van der Waals surface area contributed by atoms with Crippen molar-refractivity contribution in [3.63, 3.8) is 0 Å². The van der Waals surface area contributed by atoms with E-state index in [1.54, 1.807) is 0 Å². The minimum absolute atomic E-state index is 0.325. The van der Waals surface area contributed by atoms with Crippen LogP contribution in [0, 0.1) is 5.92 Å². The quantitative estimate of drug-likeness (QED) is 0.798. The molecule has 0 amide bonds. The van der Waals surface area contributed by atoms with Crippen LogP contribution in [0.5, 0.6) is 0 Å². The van der Waals surface area contributed by atoms with Gasteiger partial charge in [-0.3, -0.25) is 0 Å². The first-order valence-electron chi connectivity index (χ1n) is 8.03. The monoisotopic (exact) mass is 276 g/mol. The van der Waals surface area contributed by atoms with Crippen LogP contribution in [0.1, 0.15) is 69.6 Å². The number of ether oxygens (including phenoxy) is 1. The molecule has 2 heteroatoms. The van der Waals surface area contributed by atoms with Crippen LogP contribution in [0.3, 0.4) is 0 Å². The molecule has 0 aliphatic heterocycles. The van der Waals surface area contributed by atoms with Gasteiger partial charge in [-0.2, -0.15) is 0 Å². The maximum atomic E-state index is 10.3. The third-order valence-electron chi connectivity index (χ3n) is 4.65. The predicted octanol–water partition coefficient (Wildman–Crippen LogP) is 4.44. The summed E-state index contributed by atoms with van der Waals surface area (Å²) in [5.41, 5.74) is 2.42. The largest absolute Gasteiger partial charge is 0.388 e. The van der Waals surface area contributed by atoms with Gasteiger partial charge in [0.1, 0.15) is 0 Å². The SMILES string of the molecule is CCOC1CC(CC(O)c2ccc(C(C)CC)cc2)C1. The molecule has 20 heavy (non-hydrogen) atoms. The summed E-state index contributed by atoms with van der Waals surface area (Å²) in [6.07, 6.45) is 4.35. The van der Waals surface area contributed by atoms with E-state index in [2.05, 4.69) is 38.1 Å². The lowest BCUT2D eigenvalue weighted by atomic mass is 9.78. The van der Waals surface area contributed by atoms with Crippen LogP contribution >= 0.6 is 0 Å². The highest BCUT2D eigenvalue weighted by molar-refractivity contribution is 5.26. The zero-order valence-electron chi connectivity index (χ0n) is 13.0. The minimum Gasteiger partial charge on any atom is -0.388 e. The molecular formula is C18H28O2. The summed E-state index contributed by atoms with van der Waals surface area (Å²) in [6, 6.07) is 8.50. The van der Waals surface area contributed by atoms with E-state index in [-0.39, 0.29) is 6.10 Å². The predicted molar refractivity (Wildman–Crippen MR) is 82.9 cm³/mol. The second-order valence-electron chi connectivity index (χ2n) is 6.14. The molecule has 2 nitrogen and oxygen atoms in total. The number of aliphatic hydroxyl groups is 1. The molecule has 1 aromatic carbocycles. The van der Waals surface area contributed by atoms with Crippen molar-refractivity contribution in [2.24, 2.45) is 5.92 Å². The van der Waals surface area contributed by atoms with Crippen molar-refractivity contribution < 1.29 is 9.84 Å². The average molecular weight is 276 g/mol. The topological polar surface area (TPSA) is 29.5 Å². The van der Waals surface area contributed by atoms with E-state index < -0.39 is 0 Å². The molecule has 1 saturated carbocycles. The van der Waals surface area contributed by atoms with Crippen LogP contribution in [0.15, 0.2) is 24.3 Å². The molecule has 2 unspecified atom stereocenters. The van der Waals surface area contributed by atoms with Crippen LogP contribution in [-0.2, 0) is 4.74 Å². The molecule has 0 spiro atoms. The minimum atomic E-state index is -0.325. The molecule has 1 aliphatic rings. The molecule has 112 valence electrons. The molecule has 0 aromatic heterocycles. The third-order valence-corrected chi connectivity index (χ3v) is 4.65. The molecule has 2 rings (SSSR count). The van der Waals surface area contributed by atoms with Gasteiger partial charge in [-0.05, 0) is 55.6 Å². The zero-order valence-corrected chi connectivity index (χ0v) is 13.0. The Morgan fingerprint density at radius 2 is 1.75 bits per heavy atom. The fourth-order valence-corrected chi connectivity index (χ4v) is 2.97. The van der Waals surface area contributed by atoms with Gasteiger partial charge in [-0.25, -0.2) is 0 Å². The highest BCUT2D eigenvalue weighted by Gasteiger charge is 2.31. The number of hydrogen-bond donors (Lipinski definition) is 1. The van der Waals surface area contributed by atoms with Crippen LogP contribution in [0.2, 0.25) is 0 Å². The summed E-state index contributed by atoms with van der Waals surface area (Å²) in [7, 11) is 0. The molecule has 0 bridgehead atoms. The summed E-state index contributed by atoms with van der Waals surface area (Å²) < 4.78 is 5.57. The van der Waals surface area contributed by atoms with Crippen LogP contribution < -0.4 is 0 Å². The Bertz CT molecular complexity index is 392. The van der Waals surface area contributed by atoms with Crippen molar-refractivity contribution >= 4 is 0 Å². The standard InChI is InChI=1S/C18H28O2/c1-4-13(3)15-6-8-16(9-7-15)18(19)12-14-10-17(11-14)20-5-2/h6-9,13-14,17-19H,4-5,10-12H2,1-3H3. The van der Waals surface area contributed by atoms with E-state index in [9.17, 15) is 5.11 Å². The van der Waals surface area contributed by atoms with Crippen molar-refractivity contribution in [2.45, 2.75) is 64.6 Å². The Labute approximate surface area is 123 Å². The van der Waals surface area contributed by atoms with Gasteiger partial charge in [0.25, 0.3) is 0 Å². The first kappa shape index (κ1) is 15.5. The summed E-state index contributed by atoms with van der Waals surface area (Å²) in [4.78, 5) is 0. The molecule has 1 aliphatic carbocycles. The van der Waals surface area contributed by atoms with Crippen molar-refractivity contribution in [3.8, 4) is 0 Å². The molecule has 0 radical (unpaired) electrons. The highest BCUT2D eigenvalue weighted by atomic mass is 16.5. The van der Waals surface area contributed by atoms with Crippen molar-refractivity contribution in [1.29, 1.82) is 0 Å². The first-order chi connectivity index (χ1) is 9.63. The summed E-state index contributed by atoms with van der Waals surface area (Å²) in [5.74, 6) is 1.22. The molecule has 2 atom stereocenters. The molecule has 1 N–H and O–H groups in total. The average Bonchev–Trinajstić information content (AvgIpc) is 2.44. The van der Waals surface area contributed by atoms with Crippen LogP contribution in [-0.4, -0.2) is 17.8 Å². The third kappa shape index (κ3) is 3.83. The van der Waals surface area contributed by atoms with E-state index in [0.29, 0.717) is 17.9 Å². The second kappa shape index (κ2) is 7.24. The van der Waals surface area contributed by atoms with Gasteiger partial charge in [-0.15, -0.1) is 0 Å². The Morgan fingerprint density at radius 1 is 1.15 bits per heavy atom. The molecule has 1 aromatic rings. The molecule has 0 heterocycles. The van der Waals surface area contributed by atoms with Crippen LogP contribution in [0.25, 0.3) is 0 Å². The van der Waals surface area contributed by atoms with Crippen molar-refractivity contribution in [2.75, 3.05) is 6.61 Å². The molecule has 0 saturated heterocycles. The number of rotatable bonds is 7. The highest BCUT2D eigenvalue weighted by Crippen LogP contribution is 2.37. The van der Waals surface area contributed by atoms with E-state index in [1.165, 1.54) is 5.56 Å². The maximum Gasteiger partial charge on any atom is 0.0792 e. The van der Waals surface area contributed by atoms with E-state index >= 15 is 0 Å². The fraction of sp³-hybridized carbons (Fsp3) is 0.667. The molecular weight excluding hydrogens is 248 g/mol. The lowest BCUT2D eigenvalue weighted by molar-refractivity contribution is -0.0380. The van der Waals surface area contributed by atoms with Gasteiger partial charge in [0.2, 0.25) is 0 Å². The Morgan fingerprint density at radius 3 is 2.30 bits per heavy atom. The second-order valence-corrected chi connectivity index (χ2v) is 6.14. The van der Waals surface area contributed by atoms with Gasteiger partial charge in [0, 0.05) is 6.61 Å². The van der Waals surface area contributed by atoms with Gasteiger partial charge in [0.15, 0.2) is 0 Å². The van der Waals surface area contributed by atoms with E-state index in [4.69, 9.17) is 4.74 Å². The summed E-state index contributed by atoms with van der Waals surface area (Å²) >= 11 is 0. The number of hydrogen-bond acceptors (Lipinski definition) is 2. The Kier molecular flexibility index (Phi) is 5.62. The Balaban J connectivity index is 1.82. The number of benzene rings is 1. The summed E-state index contributed by atoms with van der Waals surface area (Å²) in [5, 5.41) is 10.3. The fourth-order valence-electron chi connectivity index (χ4n) is 2.97. The van der Waals surface area contributed by atoms with Crippen LogP contribution in [0.4, 0.5) is 0 Å². The van der Waals surface area contributed by atoms with Gasteiger partial charge in [0.05, 0.1) is 12.2 Å². The Hall–Kier alpha value is -0.860. The molecule has 1 fully saturated rings. The lowest BCUT2D eigenvalue weighted by Gasteiger charge is -2.36. The lowest BCUT2D eigenvalue weighted by Crippen LogP contribution is -2.32. The zero-order chi connectivity index (χ0) is 14.5. The van der Waals surface area contributed by atoms with Crippen molar-refractivity contribution in [3.05, 3.63) is 35.4 Å². The maximum absolute atomic E-state index is 10.3. The normalized spacial score (nSPS) is 25.0. The smallest absolute Gasteiger partial charge is 0.0792 e.